The maximum Gasteiger partial charge on any atom is 0.134 e. The standard InChI is InChI=1S/6C13H15N.4C12H14N2.C8H11N/c1-13(2,3)11-8-10-6-4-5-7-12(10)14-9-11;1-13(2,3)12-9-14-8-10-6-4-5-7-11(10)12;1-13(2,3)12-8-10-6-4-5-7-11(10)9-14-12;1-13(2,3)11-8-9-14-12-7-5-4-6-10(11)12;1-13(2,3)12-11-7-5-4-6-10(11)8-9-14-12;1-13(2,3)12-9-8-10-6-4-5-7-11(10)14-12;1-12(2,3)11-9-6-4-5-7-10(9)13-8-14-11;1-12(2,3)11-13-8-9-6-4-5-7-10(9)14-11;2*1-12(2,3)11-10-7-5-4-6-9(10)8-13-14-11;1-7(2)8-3-5-9-6-4-8/h6*4-9H,1-3H3;4*4-8H,1-3H3;3-7H,1-2H3. The number of hydrogen-bond acceptors (Lipinski definition) is 15. The van der Waals surface area contributed by atoms with Gasteiger partial charge in [0.2, 0.25) is 0 Å². The van der Waals surface area contributed by atoms with Crippen molar-refractivity contribution in [3.8, 4) is 0 Å². The van der Waals surface area contributed by atoms with Gasteiger partial charge in [0.1, 0.15) is 12.2 Å². The highest BCUT2D eigenvalue weighted by molar-refractivity contribution is 5.90. The van der Waals surface area contributed by atoms with Crippen molar-refractivity contribution in [1.29, 1.82) is 0 Å². The van der Waals surface area contributed by atoms with Crippen LogP contribution in [-0.4, -0.2) is 75.2 Å². The Kier molecular flexibility index (Phi) is 38.2. The van der Waals surface area contributed by atoms with E-state index in [4.69, 9.17) is 0 Å². The van der Waals surface area contributed by atoms with Gasteiger partial charge in [0.25, 0.3) is 0 Å². The zero-order chi connectivity index (χ0) is 109. The molecular weight excluding hydrogens is 1820 g/mol. The molecule has 0 amide bonds. The molecule has 15 nitrogen and oxygen atoms in total. The van der Waals surface area contributed by atoms with E-state index in [0.717, 1.165) is 83.4 Å². The van der Waals surface area contributed by atoms with Gasteiger partial charge in [-0.15, -0.1) is 0 Å². The Hall–Kier alpha value is -14.8. The molecule has 0 saturated heterocycles. The second-order valence-electron chi connectivity index (χ2n) is 48.4. The minimum atomic E-state index is 0.0179. The maximum atomic E-state index is 4.65. The molecule has 0 unspecified atom stereocenters. The molecule has 0 aliphatic rings. The molecule has 0 radical (unpaired) electrons. The van der Waals surface area contributed by atoms with Crippen LogP contribution in [0.4, 0.5) is 0 Å². The first-order valence-corrected chi connectivity index (χ1v) is 52.0. The van der Waals surface area contributed by atoms with E-state index in [9.17, 15) is 0 Å². The third kappa shape index (κ3) is 33.1. The Morgan fingerprint density at radius 2 is 0.611 bits per heavy atom. The topological polar surface area (TPSA) is 193 Å². The molecular formula is C134H157N15. The molecule has 149 heavy (non-hydrogen) atoms. The van der Waals surface area contributed by atoms with Crippen molar-refractivity contribution in [2.45, 2.75) is 282 Å². The first kappa shape index (κ1) is 114. The SMILES string of the molecule is CC(C)(C)c1cc2ccccc2cn1.CC(C)(C)c1ccc2ccccc2n1.CC(C)(C)c1ccnc2ccccc12.CC(C)(C)c1cnc2ccccc2c1.CC(C)(C)c1cncc2ccccc12.CC(C)(C)c1ncc2ccccc2n1.CC(C)(C)c1nccc2ccccc12.CC(C)(C)c1ncnc2ccccc12.CC(C)(C)c1nncc2ccccc12.CC(C)(C)c1nncc2ccccc12.CC(C)c1ccncc1. The van der Waals surface area contributed by atoms with Crippen LogP contribution >= 0.6 is 0 Å². The summed E-state index contributed by atoms with van der Waals surface area (Å²) < 4.78 is 0. The van der Waals surface area contributed by atoms with E-state index >= 15 is 0 Å². The van der Waals surface area contributed by atoms with E-state index in [1.54, 1.807) is 6.33 Å². The molecule has 0 atom stereocenters. The predicted octanol–water partition coefficient (Wildman–Crippen LogP) is 35.1. The van der Waals surface area contributed by atoms with E-state index in [2.05, 4.69) is 473 Å². The second kappa shape index (κ2) is 49.8. The number of aromatic nitrogens is 15. The van der Waals surface area contributed by atoms with Gasteiger partial charge in [-0.3, -0.25) is 34.9 Å². The van der Waals surface area contributed by atoms with Crippen LogP contribution < -0.4 is 0 Å². The lowest BCUT2D eigenvalue weighted by molar-refractivity contribution is 0.548. The van der Waals surface area contributed by atoms with E-state index in [-0.39, 0.29) is 54.1 Å². The number of hydrogen-bond donors (Lipinski definition) is 0. The number of para-hydroxylation sites is 5. The van der Waals surface area contributed by atoms with Gasteiger partial charge in [0.15, 0.2) is 0 Å². The van der Waals surface area contributed by atoms with Crippen molar-refractivity contribution in [3.63, 3.8) is 0 Å². The summed E-state index contributed by atoms with van der Waals surface area (Å²) in [4.78, 5) is 48.1. The quantitative estimate of drug-likeness (QED) is 0.151. The van der Waals surface area contributed by atoms with Crippen LogP contribution in [0.25, 0.3) is 108 Å². The van der Waals surface area contributed by atoms with Crippen LogP contribution in [0.15, 0.2) is 366 Å². The minimum Gasteiger partial charge on any atom is -0.265 e. The summed E-state index contributed by atoms with van der Waals surface area (Å²) in [6, 6.07) is 99.5. The van der Waals surface area contributed by atoms with Gasteiger partial charge in [0.05, 0.1) is 62.8 Å². The van der Waals surface area contributed by atoms with Crippen molar-refractivity contribution in [2.24, 2.45) is 0 Å². The molecule has 768 valence electrons. The summed E-state index contributed by atoms with van der Waals surface area (Å²) >= 11 is 0. The van der Waals surface area contributed by atoms with Crippen LogP contribution in [-0.2, 0) is 54.1 Å². The molecule has 11 heterocycles. The second-order valence-corrected chi connectivity index (χ2v) is 48.4. The molecule has 0 saturated carbocycles. The molecule has 0 spiro atoms. The van der Waals surface area contributed by atoms with Crippen molar-refractivity contribution < 1.29 is 0 Å². The van der Waals surface area contributed by atoms with Gasteiger partial charge >= 0.3 is 0 Å². The monoisotopic (exact) mass is 1980 g/mol. The van der Waals surface area contributed by atoms with Crippen molar-refractivity contribution in [2.75, 3.05) is 0 Å². The van der Waals surface area contributed by atoms with Crippen molar-refractivity contribution in [3.05, 3.63) is 428 Å². The van der Waals surface area contributed by atoms with Crippen LogP contribution in [0.3, 0.4) is 0 Å². The average molecular weight is 1980 g/mol. The first-order valence-electron chi connectivity index (χ1n) is 52.0. The Morgan fingerprint density at radius 3 is 1.11 bits per heavy atom. The molecule has 11 aromatic heterocycles. The molecule has 10 aromatic carbocycles. The largest absolute Gasteiger partial charge is 0.265 e. The van der Waals surface area contributed by atoms with E-state index < -0.39 is 0 Å². The summed E-state index contributed by atoms with van der Waals surface area (Å²) in [5.74, 6) is 1.52. The van der Waals surface area contributed by atoms with Crippen LogP contribution in [0.1, 0.15) is 290 Å². The summed E-state index contributed by atoms with van der Waals surface area (Å²) in [7, 11) is 0. The Labute approximate surface area is 887 Å². The van der Waals surface area contributed by atoms with E-state index in [1.807, 2.05) is 183 Å². The Bertz CT molecular complexity index is 6810. The fraction of sp³-hybridized carbons (Fsp3) is 0.321. The summed E-state index contributed by atoms with van der Waals surface area (Å²) in [5.41, 5.74) is 18.4. The predicted molar refractivity (Wildman–Crippen MR) is 634 cm³/mol. The van der Waals surface area contributed by atoms with Crippen LogP contribution in [0.2, 0.25) is 0 Å². The van der Waals surface area contributed by atoms with Gasteiger partial charge in [-0.05, 0) is 133 Å². The van der Waals surface area contributed by atoms with Crippen molar-refractivity contribution >= 4 is 108 Å². The Balaban J connectivity index is 0.000000156. The van der Waals surface area contributed by atoms with Gasteiger partial charge in [0, 0.05) is 170 Å². The maximum absolute atomic E-state index is 4.65. The summed E-state index contributed by atoms with van der Waals surface area (Å²) in [6.07, 6.45) is 22.4. The molecule has 0 aliphatic carbocycles. The van der Waals surface area contributed by atoms with Gasteiger partial charge in [-0.1, -0.05) is 440 Å². The highest BCUT2D eigenvalue weighted by Crippen LogP contribution is 2.36. The summed E-state index contributed by atoms with van der Waals surface area (Å²) in [6.45, 7) is 69.8. The average Bonchev–Trinajstić information content (AvgIpc) is 0.834. The normalized spacial score (nSPS) is 11.8. The molecule has 0 N–H and O–H groups in total. The highest BCUT2D eigenvalue weighted by Gasteiger charge is 2.26. The lowest BCUT2D eigenvalue weighted by Gasteiger charge is -2.20. The zero-order valence-electron chi connectivity index (χ0n) is 94.4. The van der Waals surface area contributed by atoms with Crippen LogP contribution in [0.5, 0.6) is 0 Å². The van der Waals surface area contributed by atoms with Crippen molar-refractivity contribution in [1.82, 2.24) is 75.2 Å². The highest BCUT2D eigenvalue weighted by atomic mass is 15.1. The van der Waals surface area contributed by atoms with E-state index in [0.29, 0.717) is 5.92 Å². The number of nitrogens with zero attached hydrogens (tertiary/aromatic N) is 15. The summed E-state index contributed by atoms with van der Waals surface area (Å²) in [5, 5.41) is 34.7. The molecule has 0 aliphatic heterocycles. The zero-order valence-corrected chi connectivity index (χ0v) is 94.4. The minimum absolute atomic E-state index is 0.0179. The van der Waals surface area contributed by atoms with Gasteiger partial charge < -0.3 is 0 Å². The number of fused-ring (bicyclic) bond motifs is 10. The third-order valence-electron chi connectivity index (χ3n) is 24.9. The first-order chi connectivity index (χ1) is 70.1. The lowest BCUT2D eigenvalue weighted by atomic mass is 9.85. The smallest absolute Gasteiger partial charge is 0.134 e. The third-order valence-corrected chi connectivity index (χ3v) is 24.9. The lowest BCUT2D eigenvalue weighted by Crippen LogP contribution is -2.15. The fourth-order valence-corrected chi connectivity index (χ4v) is 16.5. The number of benzene rings is 10. The molecule has 0 bridgehead atoms. The van der Waals surface area contributed by atoms with E-state index in [1.165, 1.54) is 87.2 Å². The Morgan fingerprint density at radius 1 is 0.201 bits per heavy atom. The molecule has 15 heteroatoms. The fourth-order valence-electron chi connectivity index (χ4n) is 16.5. The van der Waals surface area contributed by atoms with Crippen LogP contribution in [0, 0.1) is 0 Å². The van der Waals surface area contributed by atoms with Gasteiger partial charge in [-0.2, -0.15) is 20.4 Å². The molecule has 0 fully saturated rings. The van der Waals surface area contributed by atoms with Gasteiger partial charge in [-0.25, -0.2) is 19.9 Å². The molecule has 21 rings (SSSR count). The molecule has 21 aromatic rings. The number of pyridine rings is 7. The number of rotatable bonds is 1.